The van der Waals surface area contributed by atoms with Crippen molar-refractivity contribution in [1.29, 1.82) is 0 Å². The number of hydrogen-bond donors (Lipinski definition) is 3. The number of anilines is 1. The molecule has 8 nitrogen and oxygen atoms in total. The number of carbonyl (C=O) groups excluding carboxylic acids is 1. The minimum absolute atomic E-state index is 0.116. The third kappa shape index (κ3) is 4.19. The van der Waals surface area contributed by atoms with Crippen molar-refractivity contribution in [2.75, 3.05) is 18.9 Å². The van der Waals surface area contributed by atoms with Crippen LogP contribution in [0.25, 0.3) is 22.2 Å². The summed E-state index contributed by atoms with van der Waals surface area (Å²) in [6.07, 6.45) is 1.74. The molecule has 0 saturated heterocycles. The zero-order valence-corrected chi connectivity index (χ0v) is 16.1. The van der Waals surface area contributed by atoms with E-state index in [0.29, 0.717) is 16.8 Å². The Balaban J connectivity index is 1.54. The number of likely N-dealkylation sites (N-methyl/N-ethyl adjacent to an activating group) is 1. The molecule has 0 radical (unpaired) electrons. The molecule has 0 fully saturated rings. The van der Waals surface area contributed by atoms with Crippen molar-refractivity contribution in [1.82, 2.24) is 25.3 Å². The van der Waals surface area contributed by atoms with E-state index in [4.69, 9.17) is 0 Å². The van der Waals surface area contributed by atoms with Crippen molar-refractivity contribution in [3.05, 3.63) is 76.5 Å². The van der Waals surface area contributed by atoms with Gasteiger partial charge in [0.2, 0.25) is 5.91 Å². The topological polar surface area (TPSA) is 105 Å². The molecule has 4 rings (SSSR count). The number of nitrogens with zero attached hydrogens (tertiary/aromatic N) is 3. The molecule has 152 valence electrons. The number of fused-ring (bicyclic) bond motifs is 1. The molecular weight excluding hydrogens is 387 g/mol. The van der Waals surface area contributed by atoms with Crippen molar-refractivity contribution >= 4 is 22.5 Å². The Hall–Kier alpha value is -4.01. The number of halogens is 1. The molecule has 4 aromatic rings. The van der Waals surface area contributed by atoms with Gasteiger partial charge in [-0.3, -0.25) is 9.59 Å². The predicted molar refractivity (Wildman–Crippen MR) is 112 cm³/mol. The van der Waals surface area contributed by atoms with Gasteiger partial charge in [0.15, 0.2) is 0 Å². The Kier molecular flexibility index (Phi) is 5.25. The fourth-order valence-electron chi connectivity index (χ4n) is 3.08. The Bertz CT molecular complexity index is 1280. The Morgan fingerprint density at radius 1 is 1.20 bits per heavy atom. The summed E-state index contributed by atoms with van der Waals surface area (Å²) in [6.45, 7) is 0.394. The van der Waals surface area contributed by atoms with Gasteiger partial charge in [0, 0.05) is 23.9 Å². The van der Waals surface area contributed by atoms with Crippen LogP contribution < -0.4 is 16.2 Å². The largest absolute Gasteiger partial charge is 0.376 e. The van der Waals surface area contributed by atoms with Gasteiger partial charge >= 0.3 is 0 Å². The molecule has 0 spiro atoms. The lowest BCUT2D eigenvalue weighted by molar-refractivity contribution is -0.118. The Morgan fingerprint density at radius 2 is 2.07 bits per heavy atom. The summed E-state index contributed by atoms with van der Waals surface area (Å²) in [5.74, 6) is -0.520. The van der Waals surface area contributed by atoms with Gasteiger partial charge in [0.05, 0.1) is 24.8 Å². The van der Waals surface area contributed by atoms with Gasteiger partial charge in [0.1, 0.15) is 11.5 Å². The number of aromatic nitrogens is 4. The first-order valence-electron chi connectivity index (χ1n) is 9.28. The maximum Gasteiger partial charge on any atom is 0.253 e. The second-order valence-electron chi connectivity index (χ2n) is 6.76. The highest BCUT2D eigenvalue weighted by molar-refractivity contribution is 5.81. The number of pyridine rings is 1. The fraction of sp³-hybridized carbons (Fsp3) is 0.143. The summed E-state index contributed by atoms with van der Waals surface area (Å²) in [4.78, 5) is 26.4. The highest BCUT2D eigenvalue weighted by Gasteiger charge is 2.09. The number of aromatic amines is 1. The lowest BCUT2D eigenvalue weighted by atomic mass is 10.1. The van der Waals surface area contributed by atoms with Crippen LogP contribution in [0.2, 0.25) is 0 Å². The molecule has 1 amide bonds. The highest BCUT2D eigenvalue weighted by atomic mass is 19.1. The second kappa shape index (κ2) is 8.16. The van der Waals surface area contributed by atoms with E-state index < -0.39 is 5.82 Å². The monoisotopic (exact) mass is 406 g/mol. The van der Waals surface area contributed by atoms with Crippen molar-refractivity contribution in [3.8, 4) is 11.3 Å². The first-order valence-corrected chi connectivity index (χ1v) is 9.28. The first kappa shape index (κ1) is 19.3. The SMILES string of the molecule is CNC(=O)CNc1cccc(-c2cn(Cc3cc4ccc(F)cc4[nH]c3=O)nn2)c1. The molecule has 0 atom stereocenters. The van der Waals surface area contributed by atoms with Gasteiger partial charge in [-0.15, -0.1) is 5.10 Å². The van der Waals surface area contributed by atoms with Crippen molar-refractivity contribution in [2.45, 2.75) is 6.54 Å². The van der Waals surface area contributed by atoms with Crippen LogP contribution in [-0.2, 0) is 11.3 Å². The Morgan fingerprint density at radius 3 is 2.90 bits per heavy atom. The van der Waals surface area contributed by atoms with Gasteiger partial charge in [0.25, 0.3) is 5.56 Å². The molecule has 0 unspecified atom stereocenters. The normalized spacial score (nSPS) is 10.9. The van der Waals surface area contributed by atoms with Crippen LogP contribution in [0.4, 0.5) is 10.1 Å². The molecule has 9 heteroatoms. The molecular formula is C21H19FN6O2. The average Bonchev–Trinajstić information content (AvgIpc) is 3.21. The maximum atomic E-state index is 13.3. The molecule has 0 aliphatic heterocycles. The van der Waals surface area contributed by atoms with Crippen molar-refractivity contribution in [2.24, 2.45) is 0 Å². The van der Waals surface area contributed by atoms with E-state index in [0.717, 1.165) is 16.6 Å². The van der Waals surface area contributed by atoms with E-state index in [1.165, 1.54) is 12.1 Å². The van der Waals surface area contributed by atoms with Crippen LogP contribution in [0, 0.1) is 5.82 Å². The molecule has 2 aromatic heterocycles. The zero-order valence-electron chi connectivity index (χ0n) is 16.1. The smallest absolute Gasteiger partial charge is 0.253 e. The summed E-state index contributed by atoms with van der Waals surface area (Å²) in [5.41, 5.74) is 2.88. The minimum atomic E-state index is -0.404. The molecule has 0 saturated carbocycles. The number of rotatable bonds is 6. The number of benzene rings is 2. The van der Waals surface area contributed by atoms with Crippen LogP contribution in [0.3, 0.4) is 0 Å². The molecule has 0 aliphatic rings. The van der Waals surface area contributed by atoms with Crippen molar-refractivity contribution < 1.29 is 9.18 Å². The van der Waals surface area contributed by atoms with E-state index in [-0.39, 0.29) is 24.6 Å². The standard InChI is InChI=1S/C21H19FN6O2/c1-23-20(29)10-24-17-4-2-3-13(8-17)19-12-28(27-26-19)11-15-7-14-5-6-16(22)9-18(14)25-21(15)30/h2-9,12,24H,10-11H2,1H3,(H,23,29)(H,25,30). The van der Waals surface area contributed by atoms with E-state index in [1.54, 1.807) is 30.1 Å². The van der Waals surface area contributed by atoms with Crippen LogP contribution in [0.1, 0.15) is 5.56 Å². The minimum Gasteiger partial charge on any atom is -0.376 e. The maximum absolute atomic E-state index is 13.3. The third-order valence-corrected chi connectivity index (χ3v) is 4.65. The fourth-order valence-corrected chi connectivity index (χ4v) is 3.08. The van der Waals surface area contributed by atoms with Gasteiger partial charge in [-0.1, -0.05) is 17.3 Å². The molecule has 0 bridgehead atoms. The van der Waals surface area contributed by atoms with Gasteiger partial charge in [-0.05, 0) is 41.8 Å². The number of hydrogen-bond acceptors (Lipinski definition) is 5. The molecule has 0 aliphatic carbocycles. The van der Waals surface area contributed by atoms with Gasteiger partial charge in [-0.2, -0.15) is 0 Å². The average molecular weight is 406 g/mol. The molecule has 30 heavy (non-hydrogen) atoms. The highest BCUT2D eigenvalue weighted by Crippen LogP contribution is 2.20. The van der Waals surface area contributed by atoms with Crippen LogP contribution in [0.15, 0.2) is 59.5 Å². The van der Waals surface area contributed by atoms with E-state index in [2.05, 4.69) is 25.9 Å². The van der Waals surface area contributed by atoms with E-state index >= 15 is 0 Å². The second-order valence-corrected chi connectivity index (χ2v) is 6.76. The lowest BCUT2D eigenvalue weighted by Crippen LogP contribution is -2.26. The summed E-state index contributed by atoms with van der Waals surface area (Å²) in [7, 11) is 1.58. The Labute approximate surface area is 170 Å². The third-order valence-electron chi connectivity index (χ3n) is 4.65. The summed E-state index contributed by atoms with van der Waals surface area (Å²) < 4.78 is 14.9. The summed E-state index contributed by atoms with van der Waals surface area (Å²) in [6, 6.07) is 13.4. The van der Waals surface area contributed by atoms with Crippen LogP contribution in [-0.4, -0.2) is 39.5 Å². The number of nitrogens with one attached hydrogen (secondary N) is 3. The van der Waals surface area contributed by atoms with Gasteiger partial charge < -0.3 is 15.6 Å². The number of carbonyl (C=O) groups is 1. The van der Waals surface area contributed by atoms with E-state index in [1.807, 2.05) is 24.3 Å². The van der Waals surface area contributed by atoms with E-state index in [9.17, 15) is 14.0 Å². The first-order chi connectivity index (χ1) is 14.5. The number of amides is 1. The lowest BCUT2D eigenvalue weighted by Gasteiger charge is -2.06. The zero-order chi connectivity index (χ0) is 21.1. The van der Waals surface area contributed by atoms with Gasteiger partial charge in [-0.25, -0.2) is 9.07 Å². The van der Waals surface area contributed by atoms with Crippen LogP contribution >= 0.6 is 0 Å². The number of H-pyrrole nitrogens is 1. The van der Waals surface area contributed by atoms with Crippen LogP contribution in [0.5, 0.6) is 0 Å². The molecule has 3 N–H and O–H groups in total. The quantitative estimate of drug-likeness (QED) is 0.455. The predicted octanol–water partition coefficient (Wildman–Crippen LogP) is 2.13. The summed E-state index contributed by atoms with van der Waals surface area (Å²) in [5, 5.41) is 14.6. The molecule has 2 aromatic carbocycles. The summed E-state index contributed by atoms with van der Waals surface area (Å²) >= 11 is 0. The van der Waals surface area contributed by atoms with Crippen molar-refractivity contribution in [3.63, 3.8) is 0 Å². The molecule has 2 heterocycles.